The first-order valence-electron chi connectivity index (χ1n) is 20.1. The van der Waals surface area contributed by atoms with Crippen molar-refractivity contribution in [2.45, 2.75) is 96.8 Å². The van der Waals surface area contributed by atoms with E-state index in [1.54, 1.807) is 24.3 Å². The fourth-order valence-electron chi connectivity index (χ4n) is 6.71. The van der Waals surface area contributed by atoms with Crippen molar-refractivity contribution >= 4 is 0 Å². The molecule has 0 aliphatic rings. The molecular formula is C51H52F6. The SMILES string of the molecule is CCCCCc1ccc(-c2ccc(CCc3ccc(C(F)(F)F)cc3)cc2)cc1.CCCCc1ccc(-c2ccc(CCc3ccc(C(F)(F)F)cc3)cc2)cc1. The summed E-state index contributed by atoms with van der Waals surface area (Å²) in [6.07, 6.45) is 2.95. The van der Waals surface area contributed by atoms with Crippen LogP contribution < -0.4 is 0 Å². The Morgan fingerprint density at radius 2 is 0.509 bits per heavy atom. The Morgan fingerprint density at radius 3 is 0.754 bits per heavy atom. The molecule has 0 unspecified atom stereocenters. The fraction of sp³-hybridized carbons (Fsp3) is 0.294. The van der Waals surface area contributed by atoms with Gasteiger partial charge >= 0.3 is 12.4 Å². The van der Waals surface area contributed by atoms with E-state index in [-0.39, 0.29) is 0 Å². The third-order valence-electron chi connectivity index (χ3n) is 10.3. The van der Waals surface area contributed by atoms with Crippen LogP contribution in [0.3, 0.4) is 0 Å². The molecule has 0 heterocycles. The molecule has 0 atom stereocenters. The minimum absolute atomic E-state index is 0.595. The predicted octanol–water partition coefficient (Wildman–Crippen LogP) is 15.4. The molecule has 0 saturated carbocycles. The molecule has 0 N–H and O–H groups in total. The van der Waals surface area contributed by atoms with Crippen LogP contribution in [0, 0.1) is 0 Å². The molecule has 0 amide bonds. The molecular weight excluding hydrogens is 727 g/mol. The van der Waals surface area contributed by atoms with Crippen molar-refractivity contribution in [2.75, 3.05) is 0 Å². The van der Waals surface area contributed by atoms with Crippen LogP contribution in [-0.4, -0.2) is 0 Å². The van der Waals surface area contributed by atoms with Crippen molar-refractivity contribution in [3.63, 3.8) is 0 Å². The Balaban J connectivity index is 0.000000218. The van der Waals surface area contributed by atoms with Crippen molar-refractivity contribution in [1.29, 1.82) is 0 Å². The van der Waals surface area contributed by atoms with Crippen molar-refractivity contribution < 1.29 is 26.3 Å². The second-order valence-corrected chi connectivity index (χ2v) is 14.7. The molecule has 0 saturated heterocycles. The fourth-order valence-corrected chi connectivity index (χ4v) is 6.71. The van der Waals surface area contributed by atoms with Crippen LogP contribution >= 0.6 is 0 Å². The summed E-state index contributed by atoms with van der Waals surface area (Å²) in [5, 5.41) is 0. The smallest absolute Gasteiger partial charge is 0.166 e. The highest BCUT2D eigenvalue weighted by Gasteiger charge is 2.30. The number of benzene rings is 6. The highest BCUT2D eigenvalue weighted by atomic mass is 19.4. The molecule has 0 nitrogen and oxygen atoms in total. The molecule has 6 aromatic rings. The second-order valence-electron chi connectivity index (χ2n) is 14.7. The zero-order valence-corrected chi connectivity index (χ0v) is 32.9. The summed E-state index contributed by atoms with van der Waals surface area (Å²) in [6.45, 7) is 4.42. The standard InChI is InChI=1S/C26H27F3.C25H25F3/c1-2-3-4-5-20-8-14-23(15-9-20)24-16-10-21(11-17-24)6-7-22-12-18-25(19-13-22)26(27,28)29;1-2-3-4-19-7-13-22(14-8-19)23-15-9-20(10-16-23)5-6-21-11-17-24(18-12-21)25(26,27)28/h8-19H,2-7H2,1H3;7-18H,2-6H2,1H3. The zero-order valence-electron chi connectivity index (χ0n) is 32.9. The topological polar surface area (TPSA) is 0 Å². The van der Waals surface area contributed by atoms with E-state index < -0.39 is 23.5 Å². The van der Waals surface area contributed by atoms with Gasteiger partial charge in [-0.25, -0.2) is 0 Å². The summed E-state index contributed by atoms with van der Waals surface area (Å²) in [5.41, 5.74) is 10.5. The summed E-state index contributed by atoms with van der Waals surface area (Å²) in [5.74, 6) is 0. The van der Waals surface area contributed by atoms with Crippen molar-refractivity contribution in [3.05, 3.63) is 190 Å². The Kier molecular flexibility index (Phi) is 15.8. The van der Waals surface area contributed by atoms with E-state index in [4.69, 9.17) is 0 Å². The maximum Gasteiger partial charge on any atom is 0.416 e. The number of hydrogen-bond acceptors (Lipinski definition) is 0. The van der Waals surface area contributed by atoms with Gasteiger partial charge in [0, 0.05) is 0 Å². The summed E-state index contributed by atoms with van der Waals surface area (Å²) >= 11 is 0. The minimum Gasteiger partial charge on any atom is -0.166 e. The molecule has 0 aliphatic carbocycles. The van der Waals surface area contributed by atoms with Gasteiger partial charge in [-0.2, -0.15) is 26.3 Å². The summed E-state index contributed by atoms with van der Waals surface area (Å²) in [7, 11) is 0. The molecule has 6 rings (SSSR count). The average Bonchev–Trinajstić information content (AvgIpc) is 3.22. The minimum atomic E-state index is -4.28. The van der Waals surface area contributed by atoms with Crippen molar-refractivity contribution in [3.8, 4) is 22.3 Å². The molecule has 0 fully saturated rings. The monoisotopic (exact) mass is 778 g/mol. The largest absolute Gasteiger partial charge is 0.416 e. The number of halogens is 6. The van der Waals surface area contributed by atoms with Gasteiger partial charge in [0.05, 0.1) is 11.1 Å². The number of unbranched alkanes of at least 4 members (excludes halogenated alkanes) is 3. The van der Waals surface area contributed by atoms with E-state index in [0.29, 0.717) is 0 Å². The lowest BCUT2D eigenvalue weighted by Gasteiger charge is -2.08. The van der Waals surface area contributed by atoms with E-state index >= 15 is 0 Å². The highest BCUT2D eigenvalue weighted by molar-refractivity contribution is 5.65. The molecule has 298 valence electrons. The predicted molar refractivity (Wildman–Crippen MR) is 223 cm³/mol. The number of aryl methyl sites for hydroxylation is 6. The number of hydrogen-bond donors (Lipinski definition) is 0. The quantitative estimate of drug-likeness (QED) is 0.0719. The Morgan fingerprint density at radius 1 is 0.281 bits per heavy atom. The highest BCUT2D eigenvalue weighted by Crippen LogP contribution is 2.31. The van der Waals surface area contributed by atoms with E-state index in [1.165, 1.54) is 76.6 Å². The third kappa shape index (κ3) is 13.8. The molecule has 0 aliphatic heterocycles. The van der Waals surface area contributed by atoms with Gasteiger partial charge in [-0.3, -0.25) is 0 Å². The van der Waals surface area contributed by atoms with Gasteiger partial charge in [0.2, 0.25) is 0 Å². The zero-order chi connectivity index (χ0) is 40.7. The Labute approximate surface area is 334 Å². The number of rotatable bonds is 15. The van der Waals surface area contributed by atoms with E-state index in [1.807, 2.05) is 0 Å². The molecule has 0 aromatic heterocycles. The molecule has 57 heavy (non-hydrogen) atoms. The maximum absolute atomic E-state index is 12.6. The van der Waals surface area contributed by atoms with E-state index in [9.17, 15) is 26.3 Å². The molecule has 0 radical (unpaired) electrons. The van der Waals surface area contributed by atoms with Crippen LogP contribution in [0.4, 0.5) is 26.3 Å². The van der Waals surface area contributed by atoms with Gasteiger partial charge in [0.25, 0.3) is 0 Å². The van der Waals surface area contributed by atoms with Gasteiger partial charge in [-0.1, -0.05) is 154 Å². The molecule has 0 bridgehead atoms. The summed E-state index contributed by atoms with van der Waals surface area (Å²) in [6, 6.07) is 45.3. The van der Waals surface area contributed by atoms with Crippen LogP contribution in [0.25, 0.3) is 22.3 Å². The van der Waals surface area contributed by atoms with Gasteiger partial charge in [-0.05, 0) is 131 Å². The van der Waals surface area contributed by atoms with Gasteiger partial charge in [-0.15, -0.1) is 0 Å². The Hall–Kier alpha value is -5.10. The third-order valence-corrected chi connectivity index (χ3v) is 10.3. The van der Waals surface area contributed by atoms with Gasteiger partial charge < -0.3 is 0 Å². The normalized spacial score (nSPS) is 11.6. The number of alkyl halides is 6. The van der Waals surface area contributed by atoms with Crippen molar-refractivity contribution in [2.24, 2.45) is 0 Å². The van der Waals surface area contributed by atoms with Crippen LogP contribution in [0.1, 0.15) is 90.5 Å². The lowest BCUT2D eigenvalue weighted by molar-refractivity contribution is -0.138. The van der Waals surface area contributed by atoms with Crippen LogP contribution in [0.2, 0.25) is 0 Å². The summed E-state index contributed by atoms with van der Waals surface area (Å²) < 4.78 is 75.8. The van der Waals surface area contributed by atoms with E-state index in [2.05, 4.69) is 111 Å². The second kappa shape index (κ2) is 20.9. The average molecular weight is 779 g/mol. The van der Waals surface area contributed by atoms with Crippen LogP contribution in [0.15, 0.2) is 146 Å². The van der Waals surface area contributed by atoms with Crippen molar-refractivity contribution in [1.82, 2.24) is 0 Å². The van der Waals surface area contributed by atoms with Gasteiger partial charge in [0.15, 0.2) is 0 Å². The Bertz CT molecular complexity index is 2040. The van der Waals surface area contributed by atoms with E-state index in [0.717, 1.165) is 73.9 Å². The molecule has 6 aromatic carbocycles. The van der Waals surface area contributed by atoms with Crippen LogP contribution in [0.5, 0.6) is 0 Å². The first-order valence-corrected chi connectivity index (χ1v) is 20.1. The van der Waals surface area contributed by atoms with Crippen LogP contribution in [-0.2, 0) is 50.9 Å². The molecule has 6 heteroatoms. The first-order chi connectivity index (χ1) is 27.4. The lowest BCUT2D eigenvalue weighted by Crippen LogP contribution is -2.04. The van der Waals surface area contributed by atoms with Gasteiger partial charge in [0.1, 0.15) is 0 Å². The summed E-state index contributed by atoms with van der Waals surface area (Å²) in [4.78, 5) is 0. The molecule has 0 spiro atoms. The first kappa shape index (κ1) is 43.0. The lowest BCUT2D eigenvalue weighted by atomic mass is 9.98. The maximum atomic E-state index is 12.6.